The van der Waals surface area contributed by atoms with Crippen molar-refractivity contribution in [3.63, 3.8) is 0 Å². The van der Waals surface area contributed by atoms with Crippen molar-refractivity contribution in [2.75, 3.05) is 0 Å². The Labute approximate surface area is 120 Å². The van der Waals surface area contributed by atoms with Crippen LogP contribution >= 0.6 is 0 Å². The number of aromatic amines is 1. The zero-order chi connectivity index (χ0) is 15.1. The number of hydrogen-bond acceptors (Lipinski definition) is 1. The van der Waals surface area contributed by atoms with Gasteiger partial charge in [-0.25, -0.2) is 8.78 Å². The van der Waals surface area contributed by atoms with Crippen LogP contribution < -0.4 is 0 Å². The van der Waals surface area contributed by atoms with E-state index in [1.807, 2.05) is 19.9 Å². The van der Waals surface area contributed by atoms with E-state index in [2.05, 4.69) is 4.98 Å². The van der Waals surface area contributed by atoms with Gasteiger partial charge in [0.1, 0.15) is 11.6 Å². The summed E-state index contributed by atoms with van der Waals surface area (Å²) in [5.74, 6) is -1.39. The van der Waals surface area contributed by atoms with Crippen LogP contribution in [0, 0.1) is 25.5 Å². The average Bonchev–Trinajstić information content (AvgIpc) is 2.82. The monoisotopic (exact) mass is 285 g/mol. The lowest BCUT2D eigenvalue weighted by Crippen LogP contribution is -1.93. The molecule has 0 atom stereocenters. The van der Waals surface area contributed by atoms with Crippen LogP contribution in [0.4, 0.5) is 8.78 Å². The lowest BCUT2D eigenvalue weighted by atomic mass is 10.0. The van der Waals surface area contributed by atoms with E-state index in [9.17, 15) is 13.6 Å². The molecule has 0 bridgehead atoms. The number of aryl methyl sites for hydroxylation is 2. The van der Waals surface area contributed by atoms with Gasteiger partial charge in [-0.3, -0.25) is 4.79 Å². The molecule has 1 heterocycles. The molecule has 0 fully saturated rings. The number of hydrogen-bond donors (Lipinski definition) is 1. The van der Waals surface area contributed by atoms with Gasteiger partial charge >= 0.3 is 0 Å². The van der Waals surface area contributed by atoms with Gasteiger partial charge in [0, 0.05) is 16.5 Å². The van der Waals surface area contributed by atoms with Gasteiger partial charge in [-0.1, -0.05) is 18.2 Å². The first-order chi connectivity index (χ1) is 10.0. The van der Waals surface area contributed by atoms with Gasteiger partial charge in [0.05, 0.1) is 11.3 Å². The molecule has 1 N–H and O–H groups in total. The molecule has 0 saturated carbocycles. The Morgan fingerprint density at radius 2 is 1.71 bits per heavy atom. The summed E-state index contributed by atoms with van der Waals surface area (Å²) in [6.45, 7) is 3.85. The molecule has 0 radical (unpaired) electrons. The van der Waals surface area contributed by atoms with Crippen molar-refractivity contribution < 1.29 is 13.6 Å². The zero-order valence-corrected chi connectivity index (χ0v) is 11.6. The van der Waals surface area contributed by atoms with Gasteiger partial charge < -0.3 is 4.98 Å². The van der Waals surface area contributed by atoms with Gasteiger partial charge in [0.25, 0.3) is 0 Å². The number of fused-ring (bicyclic) bond motifs is 1. The zero-order valence-electron chi connectivity index (χ0n) is 11.6. The predicted octanol–water partition coefficient (Wildman–Crippen LogP) is 4.54. The van der Waals surface area contributed by atoms with E-state index in [-0.39, 0.29) is 16.8 Å². The van der Waals surface area contributed by atoms with Crippen molar-refractivity contribution in [3.8, 4) is 11.3 Å². The third kappa shape index (κ3) is 1.95. The third-order valence-corrected chi connectivity index (χ3v) is 3.88. The summed E-state index contributed by atoms with van der Waals surface area (Å²) in [7, 11) is 0. The molecule has 2 aromatic carbocycles. The summed E-state index contributed by atoms with van der Waals surface area (Å²) in [6.07, 6.45) is 0.634. The molecule has 106 valence electrons. The number of aldehydes is 1. The lowest BCUT2D eigenvalue weighted by Gasteiger charge is -2.03. The minimum Gasteiger partial charge on any atom is -0.354 e. The van der Waals surface area contributed by atoms with Crippen molar-refractivity contribution >= 4 is 17.2 Å². The van der Waals surface area contributed by atoms with Crippen LogP contribution in [0.2, 0.25) is 0 Å². The normalized spacial score (nSPS) is 11.0. The molecular weight excluding hydrogens is 272 g/mol. The van der Waals surface area contributed by atoms with Gasteiger partial charge in [-0.05, 0) is 37.1 Å². The van der Waals surface area contributed by atoms with Crippen LogP contribution in [0.3, 0.4) is 0 Å². The molecule has 0 aliphatic heterocycles. The topological polar surface area (TPSA) is 32.9 Å². The molecule has 2 nitrogen and oxygen atoms in total. The van der Waals surface area contributed by atoms with Crippen LogP contribution in [0.25, 0.3) is 22.2 Å². The SMILES string of the molecule is Cc1ccc2c(C=O)c(-c3c(F)cccc3F)[nH]c2c1C. The van der Waals surface area contributed by atoms with E-state index in [0.29, 0.717) is 11.7 Å². The van der Waals surface area contributed by atoms with Crippen molar-refractivity contribution in [2.45, 2.75) is 13.8 Å². The van der Waals surface area contributed by atoms with E-state index in [1.54, 1.807) is 6.07 Å². The first-order valence-electron chi connectivity index (χ1n) is 6.56. The molecule has 0 aliphatic rings. The Morgan fingerprint density at radius 3 is 2.33 bits per heavy atom. The van der Waals surface area contributed by atoms with Crippen LogP contribution in [0.15, 0.2) is 30.3 Å². The Kier molecular flexibility index (Phi) is 3.09. The fraction of sp³-hybridized carbons (Fsp3) is 0.118. The maximum atomic E-state index is 14.0. The number of nitrogens with one attached hydrogen (secondary N) is 1. The lowest BCUT2D eigenvalue weighted by molar-refractivity contribution is 0.112. The molecule has 0 amide bonds. The highest BCUT2D eigenvalue weighted by Gasteiger charge is 2.20. The van der Waals surface area contributed by atoms with Crippen molar-refractivity contribution in [1.29, 1.82) is 0 Å². The number of H-pyrrole nitrogens is 1. The molecule has 21 heavy (non-hydrogen) atoms. The molecule has 0 unspecified atom stereocenters. The molecule has 3 aromatic rings. The van der Waals surface area contributed by atoms with Gasteiger partial charge in [0.15, 0.2) is 6.29 Å². The van der Waals surface area contributed by atoms with Crippen LogP contribution in [-0.4, -0.2) is 11.3 Å². The molecule has 0 aliphatic carbocycles. The van der Waals surface area contributed by atoms with E-state index < -0.39 is 11.6 Å². The fourth-order valence-electron chi connectivity index (χ4n) is 2.58. The second kappa shape index (κ2) is 4.81. The smallest absolute Gasteiger partial charge is 0.152 e. The Balaban J connectivity index is 2.44. The van der Waals surface area contributed by atoms with Crippen LogP contribution in [0.1, 0.15) is 21.5 Å². The minimum absolute atomic E-state index is 0.185. The number of rotatable bonds is 2. The average molecular weight is 285 g/mol. The molecule has 3 rings (SSSR count). The highest BCUT2D eigenvalue weighted by molar-refractivity contribution is 6.05. The van der Waals surface area contributed by atoms with Crippen molar-refractivity contribution in [2.24, 2.45) is 0 Å². The van der Waals surface area contributed by atoms with Crippen molar-refractivity contribution in [1.82, 2.24) is 4.98 Å². The molecule has 4 heteroatoms. The van der Waals surface area contributed by atoms with Gasteiger partial charge in [-0.2, -0.15) is 0 Å². The Hall–Kier alpha value is -2.49. The van der Waals surface area contributed by atoms with E-state index in [0.717, 1.165) is 16.6 Å². The van der Waals surface area contributed by atoms with Gasteiger partial charge in [0.2, 0.25) is 0 Å². The number of carbonyl (C=O) groups is 1. The van der Waals surface area contributed by atoms with E-state index in [4.69, 9.17) is 0 Å². The predicted molar refractivity (Wildman–Crippen MR) is 78.5 cm³/mol. The van der Waals surface area contributed by atoms with E-state index in [1.165, 1.54) is 18.2 Å². The third-order valence-electron chi connectivity index (χ3n) is 3.88. The minimum atomic E-state index is -0.695. The summed E-state index contributed by atoms with van der Waals surface area (Å²) in [6, 6.07) is 7.33. The number of benzene rings is 2. The van der Waals surface area contributed by atoms with Crippen LogP contribution in [-0.2, 0) is 0 Å². The summed E-state index contributed by atoms with van der Waals surface area (Å²) in [4.78, 5) is 14.4. The highest BCUT2D eigenvalue weighted by Crippen LogP contribution is 2.34. The standard InChI is InChI=1S/C17H13F2NO/c1-9-6-7-11-12(8-21)17(20-16(11)10(9)2)15-13(18)4-3-5-14(15)19/h3-8,20H,1-2H3. The number of aromatic nitrogens is 1. The summed E-state index contributed by atoms with van der Waals surface area (Å²) in [5, 5.41) is 0.672. The quantitative estimate of drug-likeness (QED) is 0.689. The largest absolute Gasteiger partial charge is 0.354 e. The Morgan fingerprint density at radius 1 is 1.05 bits per heavy atom. The Bertz CT molecular complexity index is 845. The molecule has 0 spiro atoms. The summed E-state index contributed by atoms with van der Waals surface area (Å²) >= 11 is 0. The fourth-order valence-corrected chi connectivity index (χ4v) is 2.58. The number of carbonyl (C=O) groups excluding carboxylic acids is 1. The first kappa shape index (κ1) is 13.5. The molecular formula is C17H13F2NO. The maximum Gasteiger partial charge on any atom is 0.152 e. The highest BCUT2D eigenvalue weighted by atomic mass is 19.1. The van der Waals surface area contributed by atoms with E-state index >= 15 is 0 Å². The molecule has 1 aromatic heterocycles. The summed E-state index contributed by atoms with van der Waals surface area (Å²) in [5.41, 5.74) is 2.99. The second-order valence-corrected chi connectivity index (χ2v) is 5.06. The molecule has 0 saturated heterocycles. The number of halogens is 2. The summed E-state index contributed by atoms with van der Waals surface area (Å²) < 4.78 is 28.0. The van der Waals surface area contributed by atoms with Crippen molar-refractivity contribution in [3.05, 3.63) is 58.7 Å². The first-order valence-corrected chi connectivity index (χ1v) is 6.56. The second-order valence-electron chi connectivity index (χ2n) is 5.06. The van der Waals surface area contributed by atoms with Crippen LogP contribution in [0.5, 0.6) is 0 Å². The maximum absolute atomic E-state index is 14.0. The van der Waals surface area contributed by atoms with Gasteiger partial charge in [-0.15, -0.1) is 0 Å².